The largest absolute Gasteiger partial charge is 0.451 e. The Morgan fingerprint density at radius 1 is 0.393 bits per heavy atom. The van der Waals surface area contributed by atoms with Crippen LogP contribution in [0.4, 0.5) is 0 Å². The molecule has 5 rings (SSSR count). The summed E-state index contributed by atoms with van der Waals surface area (Å²) >= 11 is 0. The van der Waals surface area contributed by atoms with Crippen LogP contribution >= 0.6 is 0 Å². The summed E-state index contributed by atoms with van der Waals surface area (Å²) in [7, 11) is 5.61. The number of benzene rings is 2. The van der Waals surface area contributed by atoms with Crippen LogP contribution in [0.25, 0.3) is 0 Å². The van der Waals surface area contributed by atoms with Crippen LogP contribution in [0.3, 0.4) is 0 Å². The van der Waals surface area contributed by atoms with Crippen molar-refractivity contribution in [1.29, 1.82) is 0 Å². The molecule has 2 aromatic heterocycles. The molecular weight excluding hydrogens is 1070 g/mol. The van der Waals surface area contributed by atoms with Crippen LogP contribution in [-0.4, -0.2) is 163 Å². The van der Waals surface area contributed by atoms with Gasteiger partial charge in [0.15, 0.2) is 24.4 Å². The molecule has 0 aliphatic carbocycles. The number of cyclic esters (lactones) is 4. The third-order valence-corrected chi connectivity index (χ3v) is 15.3. The van der Waals surface area contributed by atoms with Crippen molar-refractivity contribution in [3.05, 3.63) is 107 Å². The number of esters is 4. The Morgan fingerprint density at radius 3 is 0.929 bits per heavy atom. The van der Waals surface area contributed by atoms with E-state index in [4.69, 9.17) is 18.9 Å². The number of amides is 4. The monoisotopic (exact) mass is 1160 g/mol. The first-order chi connectivity index (χ1) is 39.6. The highest BCUT2D eigenvalue weighted by Gasteiger charge is 2.43. The SMILES string of the molecule is CCn1nccc1Cc1ccc(C[C@H]2OC(=O)[C@H](CC(C)C)N(C)C(=O)[C@@H](C)OC(=O)[C@H](CC(C)C)N(C)C(=O)[C@@H](Cc3ccc(Cc4ccnn4CC)cc3)OC(=O)[C@H](CC(C)C)N(C)C(=O)[C@@H](C)OC(=O)[C@H](CC(C)C)N(C)C2=O)cc1. The molecule has 0 unspecified atom stereocenters. The van der Waals surface area contributed by atoms with Crippen molar-refractivity contribution in [3.8, 4) is 0 Å². The van der Waals surface area contributed by atoms with Gasteiger partial charge in [0.2, 0.25) is 0 Å². The fraction of sp³-hybridized carbons (Fsp3) is 0.594. The van der Waals surface area contributed by atoms with Crippen molar-refractivity contribution >= 4 is 47.5 Å². The van der Waals surface area contributed by atoms with Crippen LogP contribution in [0.1, 0.15) is 142 Å². The van der Waals surface area contributed by atoms with E-state index < -0.39 is 96.1 Å². The van der Waals surface area contributed by atoms with Gasteiger partial charge in [0.1, 0.15) is 24.2 Å². The zero-order valence-corrected chi connectivity index (χ0v) is 52.4. The second-order valence-corrected chi connectivity index (χ2v) is 24.1. The van der Waals surface area contributed by atoms with Gasteiger partial charge in [-0.1, -0.05) is 104 Å². The average Bonchev–Trinajstić information content (AvgIpc) is 4.24. The minimum Gasteiger partial charge on any atom is -0.451 e. The fourth-order valence-electron chi connectivity index (χ4n) is 10.5. The summed E-state index contributed by atoms with van der Waals surface area (Å²) < 4.78 is 28.1. The number of nitrogens with zero attached hydrogens (tertiary/aromatic N) is 8. The molecule has 1 aliphatic rings. The highest BCUT2D eigenvalue weighted by Crippen LogP contribution is 2.25. The van der Waals surface area contributed by atoms with Gasteiger partial charge in [-0.25, -0.2) is 19.2 Å². The molecule has 460 valence electrons. The molecule has 0 saturated carbocycles. The highest BCUT2D eigenvalue weighted by molar-refractivity contribution is 5.94. The van der Waals surface area contributed by atoms with Crippen molar-refractivity contribution in [2.75, 3.05) is 28.2 Å². The number of likely N-dealkylation sites (N-methyl/N-ethyl adjacent to an activating group) is 4. The van der Waals surface area contributed by atoms with Crippen molar-refractivity contribution in [2.45, 2.75) is 196 Å². The van der Waals surface area contributed by atoms with Crippen LogP contribution in [0.5, 0.6) is 0 Å². The molecule has 20 nitrogen and oxygen atoms in total. The van der Waals surface area contributed by atoms with Gasteiger partial charge in [-0.05, 0) is 111 Å². The summed E-state index contributed by atoms with van der Waals surface area (Å²) in [6.07, 6.45) is -1.24. The third-order valence-electron chi connectivity index (χ3n) is 15.3. The number of carbonyl (C=O) groups excluding carboxylic acids is 8. The summed E-state index contributed by atoms with van der Waals surface area (Å²) in [6.45, 7) is 23.0. The first-order valence-corrected chi connectivity index (χ1v) is 29.7. The molecule has 3 heterocycles. The van der Waals surface area contributed by atoms with E-state index in [1.165, 1.54) is 51.8 Å². The zero-order chi connectivity index (χ0) is 62.3. The predicted octanol–water partition coefficient (Wildman–Crippen LogP) is 7.28. The lowest BCUT2D eigenvalue weighted by Gasteiger charge is -2.35. The zero-order valence-electron chi connectivity index (χ0n) is 52.4. The molecule has 84 heavy (non-hydrogen) atoms. The molecule has 1 saturated heterocycles. The van der Waals surface area contributed by atoms with Gasteiger partial charge in [0.25, 0.3) is 23.6 Å². The minimum absolute atomic E-state index is 0.0861. The fourth-order valence-corrected chi connectivity index (χ4v) is 10.5. The summed E-state index contributed by atoms with van der Waals surface area (Å²) in [6, 6.07) is 13.8. The first-order valence-electron chi connectivity index (χ1n) is 29.7. The normalized spacial score (nSPS) is 22.7. The number of hydrogen-bond acceptors (Lipinski definition) is 14. The predicted molar refractivity (Wildman–Crippen MR) is 317 cm³/mol. The number of aromatic nitrogens is 4. The van der Waals surface area contributed by atoms with E-state index in [0.717, 1.165) is 32.3 Å². The number of carbonyl (C=O) groups is 8. The van der Waals surface area contributed by atoms with E-state index in [-0.39, 0.29) is 62.2 Å². The van der Waals surface area contributed by atoms with Gasteiger partial charge in [0.05, 0.1) is 0 Å². The number of rotatable bonds is 18. The van der Waals surface area contributed by atoms with Crippen LogP contribution in [-0.2, 0) is 96.1 Å². The first kappa shape index (κ1) is 67.4. The van der Waals surface area contributed by atoms with Crippen molar-refractivity contribution in [1.82, 2.24) is 39.2 Å². The van der Waals surface area contributed by atoms with Crippen LogP contribution in [0, 0.1) is 23.7 Å². The van der Waals surface area contributed by atoms with E-state index in [1.54, 1.807) is 12.4 Å². The summed E-state index contributed by atoms with van der Waals surface area (Å²) in [5, 5.41) is 8.76. The van der Waals surface area contributed by atoms with Crippen molar-refractivity contribution in [2.24, 2.45) is 23.7 Å². The summed E-state index contributed by atoms with van der Waals surface area (Å²) in [5.74, 6) is -7.37. The smallest absolute Gasteiger partial charge is 0.329 e. The van der Waals surface area contributed by atoms with E-state index in [2.05, 4.69) is 10.2 Å². The number of hydrogen-bond donors (Lipinski definition) is 0. The lowest BCUT2D eigenvalue weighted by atomic mass is 9.99. The molecule has 4 amide bonds. The molecular formula is C64H92N8O12. The molecule has 1 fully saturated rings. The molecule has 20 heteroatoms. The maximum absolute atomic E-state index is 15.1. The Hall–Kier alpha value is -7.38. The van der Waals surface area contributed by atoms with E-state index in [1.807, 2.05) is 139 Å². The Bertz CT molecular complexity index is 2650. The Labute approximate surface area is 496 Å². The minimum atomic E-state index is -1.53. The van der Waals surface area contributed by atoms with Crippen LogP contribution in [0.15, 0.2) is 73.1 Å². The molecule has 2 aromatic carbocycles. The molecule has 0 spiro atoms. The van der Waals surface area contributed by atoms with E-state index in [9.17, 15) is 28.8 Å². The van der Waals surface area contributed by atoms with Gasteiger partial charge < -0.3 is 38.5 Å². The van der Waals surface area contributed by atoms with Crippen LogP contribution < -0.4 is 0 Å². The molecule has 1 aliphatic heterocycles. The van der Waals surface area contributed by atoms with E-state index in [0.29, 0.717) is 37.1 Å². The van der Waals surface area contributed by atoms with Crippen molar-refractivity contribution in [3.63, 3.8) is 0 Å². The van der Waals surface area contributed by atoms with E-state index >= 15 is 9.59 Å². The van der Waals surface area contributed by atoms with Gasteiger partial charge in [-0.2, -0.15) is 10.2 Å². The second kappa shape index (κ2) is 31.0. The molecule has 0 bridgehead atoms. The number of ether oxygens (including phenoxy) is 4. The van der Waals surface area contributed by atoms with Gasteiger partial charge in [0, 0.05) is 90.7 Å². The lowest BCUT2D eigenvalue weighted by molar-refractivity contribution is -0.176. The molecule has 4 aromatic rings. The molecule has 8 atom stereocenters. The van der Waals surface area contributed by atoms with Gasteiger partial charge in [-0.3, -0.25) is 28.5 Å². The Morgan fingerprint density at radius 2 is 0.655 bits per heavy atom. The average molecular weight is 1170 g/mol. The maximum atomic E-state index is 15.1. The van der Waals surface area contributed by atoms with Crippen molar-refractivity contribution < 1.29 is 57.3 Å². The number of aryl methyl sites for hydroxylation is 2. The molecule has 0 radical (unpaired) electrons. The maximum Gasteiger partial charge on any atom is 0.329 e. The summed E-state index contributed by atoms with van der Waals surface area (Å²) in [4.78, 5) is 122. The second-order valence-electron chi connectivity index (χ2n) is 24.1. The Balaban J connectivity index is 1.59. The standard InChI is InChI=1S/C64H92N8O12/c1-17-71-49(27-29-65-71)35-45-19-23-47(24-20-45)37-55-59(75)69(15)51(31-39(3)4)61(77)81-44(12)58(74)68(14)54(34-42(9)10)64(80)84-56(38-48-25-21-46(22-26-48)36-50-28-30-66-72(50)18-2)60(76)70(16)52(32-40(5)6)62(78)82-43(11)57(73)67(13)53(33-41(7)8)63(79)83-55/h19-30,39-44,51-56H,17-18,31-38H2,1-16H3/t43-,44-,51+,52+,53+,54+,55-,56-/m1/s1. The Kier molecular flexibility index (Phi) is 24.8. The summed E-state index contributed by atoms with van der Waals surface area (Å²) in [5.41, 5.74) is 5.23. The third kappa shape index (κ3) is 18.3. The quantitative estimate of drug-likeness (QED) is 0.0706. The lowest BCUT2D eigenvalue weighted by Crippen LogP contribution is -2.55. The molecule has 0 N–H and O–H groups in total. The van der Waals surface area contributed by atoms with Gasteiger partial charge in [-0.15, -0.1) is 0 Å². The van der Waals surface area contributed by atoms with Gasteiger partial charge >= 0.3 is 23.9 Å². The topological polar surface area (TPSA) is 222 Å². The van der Waals surface area contributed by atoms with Crippen LogP contribution in [0.2, 0.25) is 0 Å². The highest BCUT2D eigenvalue weighted by atomic mass is 16.6.